The van der Waals surface area contributed by atoms with E-state index < -0.39 is 29.6 Å². The van der Waals surface area contributed by atoms with E-state index in [-0.39, 0.29) is 18.4 Å². The number of carboxylic acids is 1. The highest BCUT2D eigenvalue weighted by atomic mass is 19.3. The quantitative estimate of drug-likeness (QED) is 0.868. The number of aliphatic carboxylic acids is 1. The summed E-state index contributed by atoms with van der Waals surface area (Å²) in [6.45, 7) is -0.0698. The van der Waals surface area contributed by atoms with Crippen LogP contribution >= 0.6 is 0 Å². The second-order valence-corrected chi connectivity index (χ2v) is 6.81. The molecule has 0 heterocycles. The first-order valence-corrected chi connectivity index (χ1v) is 8.34. The first kappa shape index (κ1) is 16.9. The van der Waals surface area contributed by atoms with Crippen molar-refractivity contribution in [3.63, 3.8) is 0 Å². The normalized spacial score (nSPS) is 31.2. The number of carbonyl (C=O) groups is 2. The molecule has 1 aromatic rings. The molecule has 2 aliphatic carbocycles. The molecule has 1 aromatic carbocycles. The van der Waals surface area contributed by atoms with Crippen molar-refractivity contribution in [2.24, 2.45) is 17.8 Å². The minimum absolute atomic E-state index is 0.0698. The van der Waals surface area contributed by atoms with Crippen molar-refractivity contribution in [3.05, 3.63) is 35.9 Å². The lowest BCUT2D eigenvalue weighted by Gasteiger charge is -2.25. The van der Waals surface area contributed by atoms with Gasteiger partial charge in [-0.1, -0.05) is 36.8 Å². The number of carboxylic acid groups (broad SMARTS) is 1. The molecule has 130 valence electrons. The van der Waals surface area contributed by atoms with Crippen molar-refractivity contribution < 1.29 is 23.5 Å². The molecule has 0 unspecified atom stereocenters. The highest BCUT2D eigenvalue weighted by Crippen LogP contribution is 2.61. The number of nitrogens with one attached hydrogen (secondary N) is 1. The Kier molecular flexibility index (Phi) is 4.56. The highest BCUT2D eigenvalue weighted by molar-refractivity contribution is 5.80. The molecule has 6 heteroatoms. The van der Waals surface area contributed by atoms with Crippen molar-refractivity contribution in [1.29, 1.82) is 0 Å². The summed E-state index contributed by atoms with van der Waals surface area (Å²) in [6.07, 6.45) is 2.18. The van der Waals surface area contributed by atoms with Gasteiger partial charge in [0, 0.05) is 12.5 Å². The van der Waals surface area contributed by atoms with E-state index in [1.165, 1.54) is 0 Å². The van der Waals surface area contributed by atoms with Crippen molar-refractivity contribution in [2.45, 2.75) is 37.5 Å². The zero-order valence-corrected chi connectivity index (χ0v) is 13.3. The van der Waals surface area contributed by atoms with E-state index in [9.17, 15) is 18.4 Å². The van der Waals surface area contributed by atoms with Crippen LogP contribution in [0, 0.1) is 17.8 Å². The zero-order chi connectivity index (χ0) is 17.3. The van der Waals surface area contributed by atoms with Crippen LogP contribution in [0.4, 0.5) is 8.78 Å². The van der Waals surface area contributed by atoms with Crippen LogP contribution in [0.15, 0.2) is 30.3 Å². The summed E-state index contributed by atoms with van der Waals surface area (Å²) in [7, 11) is 0. The van der Waals surface area contributed by atoms with Gasteiger partial charge in [-0.3, -0.25) is 9.59 Å². The average molecular weight is 337 g/mol. The maximum Gasteiger partial charge on any atom is 0.306 e. The van der Waals surface area contributed by atoms with Crippen LogP contribution in [-0.2, 0) is 9.59 Å². The lowest BCUT2D eigenvalue weighted by Crippen LogP contribution is -2.36. The fourth-order valence-electron chi connectivity index (χ4n) is 3.77. The number of rotatable bonds is 5. The molecule has 0 bridgehead atoms. The van der Waals surface area contributed by atoms with Gasteiger partial charge >= 0.3 is 5.97 Å². The molecule has 0 aromatic heterocycles. The predicted octanol–water partition coefficient (Wildman–Crippen LogP) is 3.04. The van der Waals surface area contributed by atoms with E-state index in [4.69, 9.17) is 5.11 Å². The summed E-state index contributed by atoms with van der Waals surface area (Å²) in [5, 5.41) is 11.7. The Hall–Kier alpha value is -1.98. The Morgan fingerprint density at radius 1 is 1.17 bits per heavy atom. The Morgan fingerprint density at radius 3 is 2.50 bits per heavy atom. The predicted molar refractivity (Wildman–Crippen MR) is 83.7 cm³/mol. The van der Waals surface area contributed by atoms with Gasteiger partial charge in [0.2, 0.25) is 5.91 Å². The molecule has 1 amide bonds. The summed E-state index contributed by atoms with van der Waals surface area (Å²) in [4.78, 5) is 23.3. The number of hydrogen-bond donors (Lipinski definition) is 2. The molecule has 24 heavy (non-hydrogen) atoms. The molecule has 2 N–H and O–H groups in total. The van der Waals surface area contributed by atoms with E-state index in [2.05, 4.69) is 5.32 Å². The summed E-state index contributed by atoms with van der Waals surface area (Å²) < 4.78 is 28.0. The average Bonchev–Trinajstić information content (AvgIpc) is 3.14. The highest BCUT2D eigenvalue weighted by Gasteiger charge is 2.68. The van der Waals surface area contributed by atoms with Gasteiger partial charge in [0.05, 0.1) is 17.8 Å². The summed E-state index contributed by atoms with van der Waals surface area (Å²) in [6, 6.07) is 8.60. The molecular formula is C18H21F2NO3. The molecule has 2 saturated carbocycles. The van der Waals surface area contributed by atoms with Gasteiger partial charge in [0.15, 0.2) is 0 Å². The monoisotopic (exact) mass is 337 g/mol. The Bertz CT molecular complexity index is 620. The van der Waals surface area contributed by atoms with Crippen LogP contribution in [0.1, 0.15) is 37.2 Å². The van der Waals surface area contributed by atoms with Crippen LogP contribution in [0.5, 0.6) is 0 Å². The van der Waals surface area contributed by atoms with Crippen molar-refractivity contribution in [1.82, 2.24) is 5.32 Å². The molecular weight excluding hydrogens is 316 g/mol. The molecule has 4 nitrogen and oxygen atoms in total. The van der Waals surface area contributed by atoms with Gasteiger partial charge in [-0.2, -0.15) is 0 Å². The van der Waals surface area contributed by atoms with Crippen molar-refractivity contribution in [3.8, 4) is 0 Å². The first-order chi connectivity index (χ1) is 11.4. The standard InChI is InChI=1S/C18H21F2NO3/c19-18(20)14(15(18)11-5-2-1-3-6-11)10-21-16(22)12-7-4-8-13(9-12)17(23)24/h1-3,5-6,12-15H,4,7-10H2,(H,21,22)(H,23,24)/t12-,13+,14-,15-/m1/s1. The van der Waals surface area contributed by atoms with Gasteiger partial charge in [-0.25, -0.2) is 8.78 Å². The van der Waals surface area contributed by atoms with Crippen LogP contribution in [0.3, 0.4) is 0 Å². The molecule has 0 radical (unpaired) electrons. The number of benzene rings is 1. The molecule has 2 aliphatic rings. The Balaban J connectivity index is 1.54. The van der Waals surface area contributed by atoms with E-state index in [1.54, 1.807) is 30.3 Å². The molecule has 2 fully saturated rings. The van der Waals surface area contributed by atoms with Gasteiger partial charge in [0.25, 0.3) is 5.92 Å². The maximum absolute atomic E-state index is 14.0. The van der Waals surface area contributed by atoms with Crippen LogP contribution in [-0.4, -0.2) is 29.5 Å². The SMILES string of the molecule is O=C(O)[C@H]1CCC[C@@H](C(=O)NC[C@@H]2[C@@H](c3ccccc3)C2(F)F)C1. The second kappa shape index (κ2) is 6.49. The third kappa shape index (κ3) is 3.28. The van der Waals surface area contributed by atoms with Gasteiger partial charge in [0.1, 0.15) is 0 Å². The van der Waals surface area contributed by atoms with E-state index >= 15 is 0 Å². The lowest BCUT2D eigenvalue weighted by atomic mass is 9.81. The molecule has 0 saturated heterocycles. The zero-order valence-electron chi connectivity index (χ0n) is 13.3. The number of alkyl halides is 2. The third-order valence-electron chi connectivity index (χ3n) is 5.25. The summed E-state index contributed by atoms with van der Waals surface area (Å²) in [5.41, 5.74) is 0.588. The van der Waals surface area contributed by atoms with Gasteiger partial charge in [-0.15, -0.1) is 0 Å². The summed E-state index contributed by atoms with van der Waals surface area (Å²) in [5.74, 6) is -6.61. The van der Waals surface area contributed by atoms with Crippen LogP contribution in [0.2, 0.25) is 0 Å². The number of halogens is 2. The van der Waals surface area contributed by atoms with Crippen molar-refractivity contribution >= 4 is 11.9 Å². The molecule has 0 spiro atoms. The Morgan fingerprint density at radius 2 is 1.83 bits per heavy atom. The maximum atomic E-state index is 14.0. The van der Waals surface area contributed by atoms with Crippen LogP contribution in [0.25, 0.3) is 0 Å². The Labute approximate surface area is 139 Å². The lowest BCUT2D eigenvalue weighted by molar-refractivity contribution is -0.144. The number of amides is 1. The topological polar surface area (TPSA) is 66.4 Å². The fraction of sp³-hybridized carbons (Fsp3) is 0.556. The smallest absolute Gasteiger partial charge is 0.306 e. The molecule has 4 atom stereocenters. The molecule has 0 aliphatic heterocycles. The largest absolute Gasteiger partial charge is 0.481 e. The van der Waals surface area contributed by atoms with E-state index in [0.717, 1.165) is 0 Å². The number of carbonyl (C=O) groups excluding carboxylic acids is 1. The van der Waals surface area contributed by atoms with Crippen molar-refractivity contribution in [2.75, 3.05) is 6.54 Å². The minimum Gasteiger partial charge on any atom is -0.481 e. The number of hydrogen-bond acceptors (Lipinski definition) is 2. The van der Waals surface area contributed by atoms with E-state index in [1.807, 2.05) is 0 Å². The first-order valence-electron chi connectivity index (χ1n) is 8.34. The van der Waals surface area contributed by atoms with E-state index in [0.29, 0.717) is 31.2 Å². The minimum atomic E-state index is -2.80. The summed E-state index contributed by atoms with van der Waals surface area (Å²) >= 11 is 0. The molecule has 3 rings (SSSR count). The van der Waals surface area contributed by atoms with Gasteiger partial charge < -0.3 is 10.4 Å². The van der Waals surface area contributed by atoms with Gasteiger partial charge in [-0.05, 0) is 24.8 Å². The third-order valence-corrected chi connectivity index (χ3v) is 5.25. The van der Waals surface area contributed by atoms with Crippen LogP contribution < -0.4 is 5.32 Å². The fourth-order valence-corrected chi connectivity index (χ4v) is 3.77. The second-order valence-electron chi connectivity index (χ2n) is 6.81.